The van der Waals surface area contributed by atoms with Gasteiger partial charge in [0.15, 0.2) is 5.11 Å². The fourth-order valence-corrected chi connectivity index (χ4v) is 2.06. The molecule has 0 radical (unpaired) electrons. The molecule has 0 aromatic heterocycles. The highest BCUT2D eigenvalue weighted by Crippen LogP contribution is 2.02. The lowest BCUT2D eigenvalue weighted by Crippen LogP contribution is -2.38. The van der Waals surface area contributed by atoms with Crippen molar-refractivity contribution in [1.82, 2.24) is 15.5 Å². The van der Waals surface area contributed by atoms with E-state index in [0.29, 0.717) is 11.7 Å². The average Bonchev–Trinajstić information content (AvgIpc) is 2.45. The number of ether oxygens (including phenoxy) is 1. The van der Waals surface area contributed by atoms with Crippen molar-refractivity contribution in [3.05, 3.63) is 35.9 Å². The van der Waals surface area contributed by atoms with Crippen LogP contribution in [-0.4, -0.2) is 50.4 Å². The van der Waals surface area contributed by atoms with Gasteiger partial charge in [-0.25, -0.2) is 0 Å². The topological polar surface area (TPSA) is 36.5 Å². The number of thiocarbonyl (C=S) groups is 1. The van der Waals surface area contributed by atoms with Crippen LogP contribution in [0.5, 0.6) is 0 Å². The van der Waals surface area contributed by atoms with Crippen LogP contribution in [0.15, 0.2) is 30.3 Å². The van der Waals surface area contributed by atoms with Crippen LogP contribution in [0.25, 0.3) is 0 Å². The van der Waals surface area contributed by atoms with E-state index in [9.17, 15) is 0 Å². The fourth-order valence-electron chi connectivity index (χ4n) is 1.85. The molecule has 0 amide bonds. The molecule has 0 unspecified atom stereocenters. The van der Waals surface area contributed by atoms with E-state index in [1.165, 1.54) is 5.56 Å². The van der Waals surface area contributed by atoms with Gasteiger partial charge in [0, 0.05) is 26.7 Å². The van der Waals surface area contributed by atoms with Crippen molar-refractivity contribution in [1.29, 1.82) is 0 Å². The molecule has 4 nitrogen and oxygen atoms in total. The number of nitrogens with one attached hydrogen (secondary N) is 2. The van der Waals surface area contributed by atoms with Gasteiger partial charge in [-0.05, 0) is 37.8 Å². The number of hydrogen-bond acceptors (Lipinski definition) is 3. The molecule has 5 heteroatoms. The molecule has 112 valence electrons. The lowest BCUT2D eigenvalue weighted by molar-refractivity contribution is 0.204. The highest BCUT2D eigenvalue weighted by atomic mass is 32.1. The summed E-state index contributed by atoms with van der Waals surface area (Å²) in [5.74, 6) is 0. The van der Waals surface area contributed by atoms with Crippen LogP contribution in [0.2, 0.25) is 0 Å². The molecule has 1 aromatic carbocycles. The molecule has 0 saturated carbocycles. The predicted molar refractivity (Wildman–Crippen MR) is 87.9 cm³/mol. The number of methoxy groups -OCH3 is 1. The fraction of sp³-hybridized carbons (Fsp3) is 0.533. The Morgan fingerprint density at radius 3 is 2.60 bits per heavy atom. The summed E-state index contributed by atoms with van der Waals surface area (Å²) in [6, 6.07) is 10.5. The second kappa shape index (κ2) is 10.6. The molecule has 20 heavy (non-hydrogen) atoms. The molecule has 0 spiro atoms. The van der Waals surface area contributed by atoms with Gasteiger partial charge in [0.2, 0.25) is 0 Å². The highest BCUT2D eigenvalue weighted by Gasteiger charge is 2.00. The predicted octanol–water partition coefficient (Wildman–Crippen LogP) is 1.62. The van der Waals surface area contributed by atoms with Gasteiger partial charge in [-0.3, -0.25) is 0 Å². The summed E-state index contributed by atoms with van der Waals surface area (Å²) in [5.41, 5.74) is 1.35. The van der Waals surface area contributed by atoms with Gasteiger partial charge in [-0.2, -0.15) is 0 Å². The Morgan fingerprint density at radius 1 is 1.20 bits per heavy atom. The molecule has 2 N–H and O–H groups in total. The Balaban J connectivity index is 2.04. The van der Waals surface area contributed by atoms with E-state index in [0.717, 1.165) is 32.6 Å². The Kier molecular flexibility index (Phi) is 8.95. The maximum Gasteiger partial charge on any atom is 0.166 e. The summed E-state index contributed by atoms with van der Waals surface area (Å²) in [5, 5.41) is 6.99. The maximum absolute atomic E-state index is 5.16. The zero-order valence-corrected chi connectivity index (χ0v) is 13.2. The monoisotopic (exact) mass is 295 g/mol. The van der Waals surface area contributed by atoms with Crippen LogP contribution in [0.3, 0.4) is 0 Å². The van der Waals surface area contributed by atoms with E-state index in [1.807, 2.05) is 6.07 Å². The van der Waals surface area contributed by atoms with Gasteiger partial charge in [-0.15, -0.1) is 0 Å². The third-order valence-corrected chi connectivity index (χ3v) is 3.18. The minimum Gasteiger partial charge on any atom is -0.383 e. The molecule has 0 heterocycles. The highest BCUT2D eigenvalue weighted by molar-refractivity contribution is 7.80. The molecule has 0 saturated heterocycles. The van der Waals surface area contributed by atoms with E-state index in [-0.39, 0.29) is 0 Å². The standard InChI is InChI=1S/C15H25N3OS/c1-18(13-14-7-4-3-5-8-14)11-6-9-16-15(20)17-10-12-19-2/h3-5,7-8H,6,9-13H2,1-2H3,(H2,16,17,20). The van der Waals surface area contributed by atoms with Crippen molar-refractivity contribution in [2.45, 2.75) is 13.0 Å². The van der Waals surface area contributed by atoms with Crippen molar-refractivity contribution in [2.24, 2.45) is 0 Å². The van der Waals surface area contributed by atoms with E-state index in [4.69, 9.17) is 17.0 Å². The molecule has 0 aliphatic carbocycles. The number of benzene rings is 1. The van der Waals surface area contributed by atoms with E-state index in [2.05, 4.69) is 46.8 Å². The van der Waals surface area contributed by atoms with Crippen molar-refractivity contribution < 1.29 is 4.74 Å². The Morgan fingerprint density at radius 2 is 1.90 bits per heavy atom. The summed E-state index contributed by atoms with van der Waals surface area (Å²) in [6.07, 6.45) is 1.06. The lowest BCUT2D eigenvalue weighted by atomic mass is 10.2. The molecule has 0 aliphatic rings. The van der Waals surface area contributed by atoms with Gasteiger partial charge >= 0.3 is 0 Å². The largest absolute Gasteiger partial charge is 0.383 e. The lowest BCUT2D eigenvalue weighted by Gasteiger charge is -2.17. The molecule has 1 aromatic rings. The van der Waals surface area contributed by atoms with Gasteiger partial charge in [0.1, 0.15) is 0 Å². The van der Waals surface area contributed by atoms with Crippen LogP contribution < -0.4 is 10.6 Å². The number of hydrogen-bond donors (Lipinski definition) is 2. The number of nitrogens with zero attached hydrogens (tertiary/aromatic N) is 1. The van der Waals surface area contributed by atoms with Crippen LogP contribution in [0.4, 0.5) is 0 Å². The van der Waals surface area contributed by atoms with Crippen LogP contribution in [-0.2, 0) is 11.3 Å². The quantitative estimate of drug-likeness (QED) is 0.535. The summed E-state index contributed by atoms with van der Waals surface area (Å²) in [4.78, 5) is 2.32. The Bertz CT molecular complexity index is 373. The normalized spacial score (nSPS) is 10.6. The zero-order chi connectivity index (χ0) is 14.6. The summed E-state index contributed by atoms with van der Waals surface area (Å²) < 4.78 is 4.95. The molecule has 0 fully saturated rings. The molecule has 1 rings (SSSR count). The summed E-state index contributed by atoms with van der Waals surface area (Å²) in [6.45, 7) is 4.33. The summed E-state index contributed by atoms with van der Waals surface area (Å²) in [7, 11) is 3.82. The van der Waals surface area contributed by atoms with Crippen molar-refractivity contribution in [3.63, 3.8) is 0 Å². The van der Waals surface area contributed by atoms with Gasteiger partial charge in [0.05, 0.1) is 6.61 Å². The third-order valence-electron chi connectivity index (χ3n) is 2.89. The van der Waals surface area contributed by atoms with Crippen LogP contribution in [0.1, 0.15) is 12.0 Å². The zero-order valence-electron chi connectivity index (χ0n) is 12.4. The Labute approximate surface area is 127 Å². The van der Waals surface area contributed by atoms with Crippen LogP contribution in [0, 0.1) is 0 Å². The third kappa shape index (κ3) is 8.09. The van der Waals surface area contributed by atoms with Crippen molar-refractivity contribution >= 4 is 17.3 Å². The van der Waals surface area contributed by atoms with Crippen molar-refractivity contribution in [2.75, 3.05) is 40.4 Å². The smallest absolute Gasteiger partial charge is 0.166 e. The molecule has 0 aliphatic heterocycles. The van der Waals surface area contributed by atoms with Gasteiger partial charge < -0.3 is 20.3 Å². The van der Waals surface area contributed by atoms with Crippen molar-refractivity contribution in [3.8, 4) is 0 Å². The maximum atomic E-state index is 5.16. The first-order valence-corrected chi connectivity index (χ1v) is 7.36. The average molecular weight is 295 g/mol. The van der Waals surface area contributed by atoms with Gasteiger partial charge in [0.25, 0.3) is 0 Å². The second-order valence-electron chi connectivity index (χ2n) is 4.75. The summed E-state index contributed by atoms with van der Waals surface area (Å²) >= 11 is 5.16. The molecule has 0 atom stereocenters. The van der Waals surface area contributed by atoms with E-state index < -0.39 is 0 Å². The Hall–Kier alpha value is -1.17. The minimum absolute atomic E-state index is 0.668. The first-order chi connectivity index (χ1) is 9.72. The van der Waals surface area contributed by atoms with Gasteiger partial charge in [-0.1, -0.05) is 30.3 Å². The first kappa shape index (κ1) is 16.9. The van der Waals surface area contributed by atoms with Crippen LogP contribution >= 0.6 is 12.2 Å². The van der Waals surface area contributed by atoms with E-state index in [1.54, 1.807) is 7.11 Å². The number of rotatable bonds is 9. The molecule has 0 bridgehead atoms. The second-order valence-corrected chi connectivity index (χ2v) is 5.16. The first-order valence-electron chi connectivity index (χ1n) is 6.95. The minimum atomic E-state index is 0.668. The van der Waals surface area contributed by atoms with E-state index >= 15 is 0 Å². The molecular formula is C15H25N3OS. The molecular weight excluding hydrogens is 270 g/mol. The SMILES string of the molecule is COCCNC(=S)NCCCN(C)Cc1ccccc1.